The fourth-order valence-corrected chi connectivity index (χ4v) is 2.11. The molecule has 21 heavy (non-hydrogen) atoms. The van der Waals surface area contributed by atoms with Crippen LogP contribution in [0.3, 0.4) is 0 Å². The number of hydrogen-bond acceptors (Lipinski definition) is 4. The fourth-order valence-electron chi connectivity index (χ4n) is 1.38. The van der Waals surface area contributed by atoms with Gasteiger partial charge in [-0.15, -0.1) is 0 Å². The molecule has 0 aliphatic heterocycles. The summed E-state index contributed by atoms with van der Waals surface area (Å²) in [5.74, 6) is -3.16. The molecule has 0 saturated carbocycles. The molecular weight excluding hydrogens is 369 g/mol. The van der Waals surface area contributed by atoms with Crippen molar-refractivity contribution in [1.82, 2.24) is 4.90 Å². The van der Waals surface area contributed by atoms with Gasteiger partial charge in [0.2, 0.25) is 0 Å². The summed E-state index contributed by atoms with van der Waals surface area (Å²) >= 11 is 9.10. The molecule has 0 atom stereocenters. The van der Waals surface area contributed by atoms with Crippen LogP contribution in [0.2, 0.25) is 5.02 Å². The molecule has 1 aromatic carbocycles. The molecule has 1 rings (SSSR count). The second-order valence-electron chi connectivity index (χ2n) is 3.90. The second-order valence-corrected chi connectivity index (χ2v) is 5.22. The largest absolute Gasteiger partial charge is 0.482 e. The Morgan fingerprint density at radius 1 is 1.19 bits per heavy atom. The molecule has 0 spiro atoms. The molecule has 9 heteroatoms. The molecule has 0 bridgehead atoms. The number of halogens is 2. The molecule has 0 unspecified atom stereocenters. The summed E-state index contributed by atoms with van der Waals surface area (Å²) in [4.78, 5) is 33.7. The molecular formula is C12H11BrClNO6. The van der Waals surface area contributed by atoms with E-state index in [1.165, 1.54) is 6.07 Å². The summed E-state index contributed by atoms with van der Waals surface area (Å²) in [6.45, 7) is -1.95. The topological polar surface area (TPSA) is 104 Å². The van der Waals surface area contributed by atoms with Crippen LogP contribution in [-0.4, -0.2) is 52.7 Å². The summed E-state index contributed by atoms with van der Waals surface area (Å²) in [6, 6.07) is 4.74. The van der Waals surface area contributed by atoms with Crippen molar-refractivity contribution in [2.45, 2.75) is 0 Å². The molecule has 7 nitrogen and oxygen atoms in total. The van der Waals surface area contributed by atoms with Gasteiger partial charge in [0.25, 0.3) is 5.91 Å². The average Bonchev–Trinajstić information content (AvgIpc) is 2.35. The van der Waals surface area contributed by atoms with Gasteiger partial charge in [0.05, 0.1) is 5.02 Å². The van der Waals surface area contributed by atoms with Crippen LogP contribution in [0.5, 0.6) is 5.75 Å². The van der Waals surface area contributed by atoms with Crippen LogP contribution in [0.15, 0.2) is 22.7 Å². The smallest absolute Gasteiger partial charge is 0.323 e. The van der Waals surface area contributed by atoms with Crippen LogP contribution in [0, 0.1) is 0 Å². The number of carbonyl (C=O) groups is 3. The van der Waals surface area contributed by atoms with E-state index in [9.17, 15) is 14.4 Å². The Kier molecular flexibility index (Phi) is 6.44. The lowest BCUT2D eigenvalue weighted by Gasteiger charge is -2.18. The highest BCUT2D eigenvalue weighted by Crippen LogP contribution is 2.27. The van der Waals surface area contributed by atoms with Gasteiger partial charge in [0, 0.05) is 4.47 Å². The summed E-state index contributed by atoms with van der Waals surface area (Å²) in [5.41, 5.74) is 0. The van der Waals surface area contributed by atoms with Gasteiger partial charge in [-0.25, -0.2) is 0 Å². The summed E-state index contributed by atoms with van der Waals surface area (Å²) in [5, 5.41) is 17.6. The SMILES string of the molecule is O=C(O)CN(CC(=O)O)C(=O)COc1ccc(Br)cc1Cl. The number of nitrogens with zero attached hydrogens (tertiary/aromatic N) is 1. The molecule has 0 heterocycles. The van der Waals surface area contributed by atoms with Crippen molar-refractivity contribution in [2.24, 2.45) is 0 Å². The standard InChI is InChI=1S/C12H11BrClNO6/c13-7-1-2-9(8(14)3-7)21-6-10(16)15(4-11(17)18)5-12(19)20/h1-3H,4-6H2,(H,17,18)(H,19,20). The van der Waals surface area contributed by atoms with E-state index < -0.39 is 37.5 Å². The number of carbonyl (C=O) groups excluding carboxylic acids is 1. The Labute approximate surface area is 133 Å². The van der Waals surface area contributed by atoms with Gasteiger partial charge in [-0.05, 0) is 18.2 Å². The van der Waals surface area contributed by atoms with Crippen LogP contribution >= 0.6 is 27.5 Å². The Morgan fingerprint density at radius 3 is 2.24 bits per heavy atom. The minimum atomic E-state index is -1.31. The first-order chi connectivity index (χ1) is 9.79. The average molecular weight is 381 g/mol. The van der Waals surface area contributed by atoms with Gasteiger partial charge in [0.15, 0.2) is 6.61 Å². The number of carboxylic acids is 2. The highest BCUT2D eigenvalue weighted by molar-refractivity contribution is 9.10. The Morgan fingerprint density at radius 2 is 1.76 bits per heavy atom. The normalized spacial score (nSPS) is 10.0. The maximum atomic E-state index is 11.8. The van der Waals surface area contributed by atoms with Gasteiger partial charge in [-0.2, -0.15) is 0 Å². The summed E-state index contributed by atoms with van der Waals surface area (Å²) < 4.78 is 5.89. The zero-order chi connectivity index (χ0) is 16.0. The first kappa shape index (κ1) is 17.3. The molecule has 114 valence electrons. The van der Waals surface area contributed by atoms with Gasteiger partial charge in [-0.1, -0.05) is 27.5 Å². The van der Waals surface area contributed by atoms with E-state index in [-0.39, 0.29) is 10.8 Å². The lowest BCUT2D eigenvalue weighted by atomic mass is 10.3. The van der Waals surface area contributed by atoms with Gasteiger partial charge in [0.1, 0.15) is 18.8 Å². The third-order valence-electron chi connectivity index (χ3n) is 2.25. The van der Waals surface area contributed by atoms with E-state index in [4.69, 9.17) is 26.6 Å². The van der Waals surface area contributed by atoms with Crippen molar-refractivity contribution in [3.05, 3.63) is 27.7 Å². The van der Waals surface area contributed by atoms with Crippen LogP contribution in [0.25, 0.3) is 0 Å². The van der Waals surface area contributed by atoms with Crippen LogP contribution in [0.4, 0.5) is 0 Å². The van der Waals surface area contributed by atoms with Crippen molar-refractivity contribution in [3.8, 4) is 5.75 Å². The highest BCUT2D eigenvalue weighted by Gasteiger charge is 2.20. The fraction of sp³-hybridized carbons (Fsp3) is 0.250. The van der Waals surface area contributed by atoms with Crippen molar-refractivity contribution in [1.29, 1.82) is 0 Å². The quantitative estimate of drug-likeness (QED) is 0.742. The zero-order valence-electron chi connectivity index (χ0n) is 10.6. The van der Waals surface area contributed by atoms with Gasteiger partial charge in [-0.3, -0.25) is 14.4 Å². The molecule has 1 aromatic rings. The lowest BCUT2D eigenvalue weighted by molar-refractivity contribution is -0.150. The predicted molar refractivity (Wildman–Crippen MR) is 76.5 cm³/mol. The Balaban J connectivity index is 2.68. The number of ether oxygens (including phenoxy) is 1. The molecule has 1 amide bonds. The first-order valence-electron chi connectivity index (χ1n) is 5.59. The molecule has 0 aliphatic rings. The molecule has 0 aromatic heterocycles. The van der Waals surface area contributed by atoms with E-state index in [1.807, 2.05) is 0 Å². The number of benzene rings is 1. The maximum absolute atomic E-state index is 11.8. The second kappa shape index (κ2) is 7.84. The van der Waals surface area contributed by atoms with Crippen LogP contribution in [0.1, 0.15) is 0 Å². The van der Waals surface area contributed by atoms with E-state index in [2.05, 4.69) is 15.9 Å². The molecule has 0 radical (unpaired) electrons. The minimum absolute atomic E-state index is 0.235. The highest BCUT2D eigenvalue weighted by atomic mass is 79.9. The number of hydrogen-bond donors (Lipinski definition) is 2. The van der Waals surface area contributed by atoms with Crippen molar-refractivity contribution >= 4 is 45.4 Å². The van der Waals surface area contributed by atoms with E-state index in [1.54, 1.807) is 12.1 Å². The number of rotatable bonds is 7. The predicted octanol–water partition coefficient (Wildman–Crippen LogP) is 1.48. The number of amides is 1. The molecule has 0 aliphatic carbocycles. The molecule has 2 N–H and O–H groups in total. The van der Waals surface area contributed by atoms with E-state index >= 15 is 0 Å². The zero-order valence-corrected chi connectivity index (χ0v) is 12.9. The first-order valence-corrected chi connectivity index (χ1v) is 6.76. The summed E-state index contributed by atoms with van der Waals surface area (Å²) in [7, 11) is 0. The third-order valence-corrected chi connectivity index (χ3v) is 3.04. The monoisotopic (exact) mass is 379 g/mol. The van der Waals surface area contributed by atoms with Crippen molar-refractivity contribution < 1.29 is 29.3 Å². The van der Waals surface area contributed by atoms with Crippen LogP contribution < -0.4 is 4.74 Å². The van der Waals surface area contributed by atoms with E-state index in [0.717, 1.165) is 4.47 Å². The van der Waals surface area contributed by atoms with Crippen molar-refractivity contribution in [3.63, 3.8) is 0 Å². The number of carboxylic acid groups (broad SMARTS) is 2. The third kappa shape index (κ3) is 6.01. The molecule has 0 fully saturated rings. The number of aliphatic carboxylic acids is 2. The van der Waals surface area contributed by atoms with E-state index in [0.29, 0.717) is 4.90 Å². The van der Waals surface area contributed by atoms with Gasteiger partial charge < -0.3 is 19.8 Å². The van der Waals surface area contributed by atoms with Crippen LogP contribution in [-0.2, 0) is 14.4 Å². The van der Waals surface area contributed by atoms with Crippen molar-refractivity contribution in [2.75, 3.05) is 19.7 Å². The Hall–Kier alpha value is -1.80. The van der Waals surface area contributed by atoms with Gasteiger partial charge >= 0.3 is 11.9 Å². The Bertz CT molecular complexity index is 549. The maximum Gasteiger partial charge on any atom is 0.323 e. The lowest BCUT2D eigenvalue weighted by Crippen LogP contribution is -2.41. The molecule has 0 saturated heterocycles. The minimum Gasteiger partial charge on any atom is -0.482 e. The summed E-state index contributed by atoms with van der Waals surface area (Å²) in [6.07, 6.45) is 0.